The molecule has 0 spiro atoms. The van der Waals surface area contributed by atoms with Gasteiger partial charge in [0.2, 0.25) is 0 Å². The highest BCUT2D eigenvalue weighted by molar-refractivity contribution is 5.91. The van der Waals surface area contributed by atoms with Gasteiger partial charge in [0.05, 0.1) is 0 Å². The topological polar surface area (TPSA) is 17.1 Å². The van der Waals surface area contributed by atoms with E-state index in [1.165, 1.54) is 6.07 Å². The van der Waals surface area contributed by atoms with Crippen LogP contribution in [-0.2, 0) is 4.79 Å². The van der Waals surface area contributed by atoms with Crippen molar-refractivity contribution in [1.29, 1.82) is 0 Å². The molecule has 0 bridgehead atoms. The highest BCUT2D eigenvalue weighted by Gasteiger charge is 2.29. The van der Waals surface area contributed by atoms with E-state index in [1.54, 1.807) is 0 Å². The van der Waals surface area contributed by atoms with Crippen LogP contribution in [0.3, 0.4) is 0 Å². The molecule has 2 rings (SSSR count). The van der Waals surface area contributed by atoms with E-state index in [1.807, 2.05) is 0 Å². The third kappa shape index (κ3) is 1.34. The van der Waals surface area contributed by atoms with Crippen molar-refractivity contribution in [2.75, 3.05) is 0 Å². The number of ketones is 1. The monoisotopic (exact) mass is 182 g/mol. The van der Waals surface area contributed by atoms with Crippen LogP contribution in [0, 0.1) is 11.6 Å². The maximum absolute atomic E-state index is 12.7. The van der Waals surface area contributed by atoms with E-state index >= 15 is 0 Å². The van der Waals surface area contributed by atoms with Gasteiger partial charge in [-0.15, -0.1) is 0 Å². The zero-order valence-electron chi connectivity index (χ0n) is 6.89. The van der Waals surface area contributed by atoms with Crippen LogP contribution in [0.2, 0.25) is 0 Å². The van der Waals surface area contributed by atoms with Crippen LogP contribution in [0.5, 0.6) is 0 Å². The molecule has 0 aliphatic heterocycles. The van der Waals surface area contributed by atoms with E-state index in [9.17, 15) is 13.6 Å². The summed E-state index contributed by atoms with van der Waals surface area (Å²) in [5, 5.41) is 0. The van der Waals surface area contributed by atoms with Crippen molar-refractivity contribution in [2.45, 2.75) is 18.8 Å². The molecule has 1 atom stereocenters. The first-order valence-corrected chi connectivity index (χ1v) is 4.16. The van der Waals surface area contributed by atoms with Crippen molar-refractivity contribution < 1.29 is 13.6 Å². The van der Waals surface area contributed by atoms with Gasteiger partial charge in [-0.2, -0.15) is 0 Å². The summed E-state index contributed by atoms with van der Waals surface area (Å²) in [6.07, 6.45) is 1.31. The van der Waals surface area contributed by atoms with Crippen LogP contribution in [0.15, 0.2) is 18.2 Å². The lowest BCUT2D eigenvalue weighted by Gasteiger charge is -2.24. The molecule has 0 radical (unpaired) electrons. The standard InChI is InChI=1S/C10H8F2O/c11-8-3-1-6(5-9(8)12)7-2-4-10(7)13/h1,3,5,7H,2,4H2/t7-/m1/s1. The van der Waals surface area contributed by atoms with Gasteiger partial charge in [-0.05, 0) is 24.1 Å². The summed E-state index contributed by atoms with van der Waals surface area (Å²) in [5.74, 6) is -1.83. The second kappa shape index (κ2) is 2.91. The zero-order valence-corrected chi connectivity index (χ0v) is 6.89. The number of hydrogen-bond donors (Lipinski definition) is 0. The molecule has 1 aliphatic carbocycles. The average Bonchev–Trinajstić information content (AvgIpc) is 2.09. The lowest BCUT2D eigenvalue weighted by molar-refractivity contribution is -0.125. The van der Waals surface area contributed by atoms with E-state index in [0.717, 1.165) is 18.6 Å². The lowest BCUT2D eigenvalue weighted by Crippen LogP contribution is -2.23. The minimum absolute atomic E-state index is 0.117. The first-order valence-electron chi connectivity index (χ1n) is 4.16. The molecule has 1 aliphatic rings. The predicted octanol–water partition coefficient (Wildman–Crippen LogP) is 2.41. The average molecular weight is 182 g/mol. The zero-order chi connectivity index (χ0) is 9.42. The van der Waals surface area contributed by atoms with Crippen molar-refractivity contribution in [3.8, 4) is 0 Å². The van der Waals surface area contributed by atoms with Crippen LogP contribution in [0.1, 0.15) is 24.3 Å². The Hall–Kier alpha value is -1.25. The summed E-state index contributed by atoms with van der Waals surface area (Å²) in [6.45, 7) is 0. The van der Waals surface area contributed by atoms with Gasteiger partial charge in [-0.3, -0.25) is 4.79 Å². The number of rotatable bonds is 1. The Morgan fingerprint density at radius 1 is 1.23 bits per heavy atom. The summed E-state index contributed by atoms with van der Waals surface area (Å²) < 4.78 is 25.3. The molecule has 0 aromatic heterocycles. The van der Waals surface area contributed by atoms with E-state index in [0.29, 0.717) is 12.0 Å². The maximum atomic E-state index is 12.7. The van der Waals surface area contributed by atoms with Crippen molar-refractivity contribution >= 4 is 5.78 Å². The smallest absolute Gasteiger partial charge is 0.159 e. The SMILES string of the molecule is O=C1CC[C@@H]1c1ccc(F)c(F)c1. The van der Waals surface area contributed by atoms with Crippen LogP contribution in [-0.4, -0.2) is 5.78 Å². The third-order valence-corrected chi connectivity index (χ3v) is 2.41. The van der Waals surface area contributed by atoms with Gasteiger partial charge in [-0.1, -0.05) is 6.07 Å². The van der Waals surface area contributed by atoms with Gasteiger partial charge in [0.25, 0.3) is 0 Å². The van der Waals surface area contributed by atoms with Gasteiger partial charge in [-0.25, -0.2) is 8.78 Å². The molecule has 0 amide bonds. The lowest BCUT2D eigenvalue weighted by atomic mass is 9.79. The first kappa shape index (κ1) is 8.35. The van der Waals surface area contributed by atoms with Gasteiger partial charge in [0.15, 0.2) is 11.6 Å². The van der Waals surface area contributed by atoms with Crippen LogP contribution in [0.4, 0.5) is 8.78 Å². The number of Topliss-reactive ketones (excluding diaryl/α,β-unsaturated/α-hetero) is 1. The number of benzene rings is 1. The van der Waals surface area contributed by atoms with Crippen molar-refractivity contribution in [2.24, 2.45) is 0 Å². The second-order valence-electron chi connectivity index (χ2n) is 3.23. The molecule has 68 valence electrons. The molecule has 1 saturated carbocycles. The van der Waals surface area contributed by atoms with Crippen LogP contribution in [0.25, 0.3) is 0 Å². The highest BCUT2D eigenvalue weighted by Crippen LogP contribution is 2.33. The Labute approximate surface area is 74.4 Å². The van der Waals surface area contributed by atoms with Crippen molar-refractivity contribution in [3.63, 3.8) is 0 Å². The van der Waals surface area contributed by atoms with E-state index < -0.39 is 11.6 Å². The van der Waals surface area contributed by atoms with Crippen LogP contribution >= 0.6 is 0 Å². The largest absolute Gasteiger partial charge is 0.299 e. The number of carbonyl (C=O) groups excluding carboxylic acids is 1. The minimum Gasteiger partial charge on any atom is -0.299 e. The Balaban J connectivity index is 2.31. The fourth-order valence-electron chi connectivity index (χ4n) is 1.49. The Morgan fingerprint density at radius 3 is 2.46 bits per heavy atom. The Bertz CT molecular complexity index is 360. The summed E-state index contributed by atoms with van der Waals surface area (Å²) in [7, 11) is 0. The normalized spacial score (nSPS) is 21.4. The second-order valence-corrected chi connectivity index (χ2v) is 3.23. The Kier molecular flexibility index (Phi) is 1.87. The van der Waals surface area contributed by atoms with Gasteiger partial charge >= 0.3 is 0 Å². The van der Waals surface area contributed by atoms with Gasteiger partial charge < -0.3 is 0 Å². The van der Waals surface area contributed by atoms with E-state index in [2.05, 4.69) is 0 Å². The molecule has 3 heteroatoms. The molecule has 0 heterocycles. The third-order valence-electron chi connectivity index (χ3n) is 2.41. The maximum Gasteiger partial charge on any atom is 0.159 e. The fourth-order valence-corrected chi connectivity index (χ4v) is 1.49. The fraction of sp³-hybridized carbons (Fsp3) is 0.300. The predicted molar refractivity (Wildman–Crippen MR) is 43.3 cm³/mol. The molecule has 1 nitrogen and oxygen atoms in total. The Morgan fingerprint density at radius 2 is 2.00 bits per heavy atom. The number of halogens is 2. The summed E-state index contributed by atoms with van der Waals surface area (Å²) >= 11 is 0. The van der Waals surface area contributed by atoms with Crippen LogP contribution < -0.4 is 0 Å². The van der Waals surface area contributed by atoms with Gasteiger partial charge in [0, 0.05) is 12.3 Å². The molecule has 1 fully saturated rings. The highest BCUT2D eigenvalue weighted by atomic mass is 19.2. The minimum atomic E-state index is -0.878. The molecule has 13 heavy (non-hydrogen) atoms. The van der Waals surface area contributed by atoms with Crippen molar-refractivity contribution in [3.05, 3.63) is 35.4 Å². The molecule has 1 aromatic rings. The molecule has 1 aromatic carbocycles. The van der Waals surface area contributed by atoms with Gasteiger partial charge in [0.1, 0.15) is 5.78 Å². The quantitative estimate of drug-likeness (QED) is 0.651. The van der Waals surface area contributed by atoms with Crippen molar-refractivity contribution in [1.82, 2.24) is 0 Å². The molecular weight excluding hydrogens is 174 g/mol. The molecular formula is C10H8F2O. The molecule has 0 N–H and O–H groups in total. The molecule has 0 saturated heterocycles. The van der Waals surface area contributed by atoms with E-state index in [-0.39, 0.29) is 11.7 Å². The summed E-state index contributed by atoms with van der Waals surface area (Å²) in [4.78, 5) is 11.0. The molecule has 0 unspecified atom stereocenters. The summed E-state index contributed by atoms with van der Waals surface area (Å²) in [6, 6.07) is 3.65. The number of hydrogen-bond acceptors (Lipinski definition) is 1. The first-order chi connectivity index (χ1) is 6.18. The number of carbonyl (C=O) groups is 1. The van der Waals surface area contributed by atoms with E-state index in [4.69, 9.17) is 0 Å². The summed E-state index contributed by atoms with van der Waals surface area (Å²) in [5.41, 5.74) is 0.593.